The van der Waals surface area contributed by atoms with Crippen LogP contribution in [0.1, 0.15) is 34.5 Å². The quantitative estimate of drug-likeness (QED) is 0.334. The maximum atomic E-state index is 13.0. The molecule has 4 rings (SSSR count). The van der Waals surface area contributed by atoms with Gasteiger partial charge in [0, 0.05) is 11.1 Å². The van der Waals surface area contributed by atoms with Crippen molar-refractivity contribution in [2.45, 2.75) is 19.0 Å². The Hall–Kier alpha value is -3.99. The van der Waals surface area contributed by atoms with Gasteiger partial charge in [-0.05, 0) is 36.2 Å². The zero-order valence-corrected chi connectivity index (χ0v) is 18.5. The van der Waals surface area contributed by atoms with E-state index in [9.17, 15) is 22.8 Å². The number of thiazole rings is 1. The summed E-state index contributed by atoms with van der Waals surface area (Å²) in [6.07, 6.45) is -2.96. The standard InChI is InChI=1S/C23H18F3N5O2S/c1-13(15-3-2-4-16(9-15)23(24,25)26)20(32)31-22-27-10-18(30-22)14-5-7-17(8-6-14)29-21(33)19-11-34-12-28-19/h2-13H,1H3,(H,29,33)(H2,27,30,31,32). The summed E-state index contributed by atoms with van der Waals surface area (Å²) in [5, 5.41) is 6.99. The summed E-state index contributed by atoms with van der Waals surface area (Å²) < 4.78 is 38.9. The second-order valence-corrected chi connectivity index (χ2v) is 8.10. The number of halogens is 3. The maximum Gasteiger partial charge on any atom is 0.416 e. The fourth-order valence-electron chi connectivity index (χ4n) is 3.15. The van der Waals surface area contributed by atoms with Crippen LogP contribution in [-0.4, -0.2) is 26.8 Å². The lowest BCUT2D eigenvalue weighted by Crippen LogP contribution is -2.20. The molecule has 11 heteroatoms. The molecule has 4 aromatic rings. The van der Waals surface area contributed by atoms with E-state index in [1.54, 1.807) is 35.2 Å². The number of carbonyl (C=O) groups excluding carboxylic acids is 2. The molecule has 0 saturated carbocycles. The monoisotopic (exact) mass is 485 g/mol. The van der Waals surface area contributed by atoms with Gasteiger partial charge in [0.2, 0.25) is 11.9 Å². The molecule has 34 heavy (non-hydrogen) atoms. The molecule has 2 aromatic heterocycles. The van der Waals surface area contributed by atoms with Crippen molar-refractivity contribution in [3.8, 4) is 11.3 Å². The average Bonchev–Trinajstić information content (AvgIpc) is 3.51. The van der Waals surface area contributed by atoms with E-state index in [0.717, 1.165) is 17.7 Å². The van der Waals surface area contributed by atoms with Gasteiger partial charge in [-0.2, -0.15) is 13.2 Å². The van der Waals surface area contributed by atoms with E-state index in [1.165, 1.54) is 36.6 Å². The Kier molecular flexibility index (Phi) is 6.46. The van der Waals surface area contributed by atoms with Crippen LogP contribution in [0.3, 0.4) is 0 Å². The van der Waals surface area contributed by atoms with Crippen molar-refractivity contribution >= 4 is 34.8 Å². The Labute approximate surface area is 196 Å². The Morgan fingerprint density at radius 1 is 1.06 bits per heavy atom. The summed E-state index contributed by atoms with van der Waals surface area (Å²) in [4.78, 5) is 35.7. The van der Waals surface area contributed by atoms with Crippen molar-refractivity contribution in [1.82, 2.24) is 15.0 Å². The molecule has 2 aromatic carbocycles. The van der Waals surface area contributed by atoms with Gasteiger partial charge in [-0.1, -0.05) is 30.3 Å². The number of rotatable bonds is 6. The third-order valence-electron chi connectivity index (χ3n) is 5.04. The predicted octanol–water partition coefficient (Wildman–Crippen LogP) is 5.55. The van der Waals surface area contributed by atoms with Crippen molar-refractivity contribution in [3.63, 3.8) is 0 Å². The van der Waals surface area contributed by atoms with E-state index in [-0.39, 0.29) is 17.4 Å². The van der Waals surface area contributed by atoms with Gasteiger partial charge in [-0.25, -0.2) is 9.97 Å². The Balaban J connectivity index is 1.40. The van der Waals surface area contributed by atoms with Crippen LogP contribution in [0.4, 0.5) is 24.8 Å². The molecule has 0 aliphatic carbocycles. The number of hydrogen-bond acceptors (Lipinski definition) is 5. The fraction of sp³-hybridized carbons (Fsp3) is 0.130. The molecule has 0 bridgehead atoms. The van der Waals surface area contributed by atoms with Crippen LogP contribution in [0.5, 0.6) is 0 Å². The molecule has 2 amide bonds. The van der Waals surface area contributed by atoms with E-state index in [1.807, 2.05) is 0 Å². The minimum absolute atomic E-state index is 0.166. The van der Waals surface area contributed by atoms with Crippen molar-refractivity contribution in [3.05, 3.63) is 82.4 Å². The highest BCUT2D eigenvalue weighted by molar-refractivity contribution is 7.07. The molecule has 0 saturated heterocycles. The largest absolute Gasteiger partial charge is 0.416 e. The van der Waals surface area contributed by atoms with Crippen molar-refractivity contribution < 1.29 is 22.8 Å². The second kappa shape index (κ2) is 9.48. The van der Waals surface area contributed by atoms with E-state index < -0.39 is 23.6 Å². The number of aromatic amines is 1. The number of alkyl halides is 3. The number of benzene rings is 2. The summed E-state index contributed by atoms with van der Waals surface area (Å²) in [5.41, 5.74) is 3.30. The normalized spacial score (nSPS) is 12.2. The minimum Gasteiger partial charge on any atom is -0.324 e. The highest BCUT2D eigenvalue weighted by atomic mass is 32.1. The van der Waals surface area contributed by atoms with Crippen LogP contribution >= 0.6 is 11.3 Å². The van der Waals surface area contributed by atoms with Crippen LogP contribution < -0.4 is 10.6 Å². The van der Waals surface area contributed by atoms with Gasteiger partial charge >= 0.3 is 6.18 Å². The van der Waals surface area contributed by atoms with Crippen LogP contribution in [0.15, 0.2) is 65.6 Å². The first-order valence-corrected chi connectivity index (χ1v) is 11.0. The third kappa shape index (κ3) is 5.31. The van der Waals surface area contributed by atoms with Crippen LogP contribution in [0.25, 0.3) is 11.3 Å². The first-order valence-electron chi connectivity index (χ1n) is 10.0. The van der Waals surface area contributed by atoms with Gasteiger partial charge in [-0.3, -0.25) is 14.9 Å². The summed E-state index contributed by atoms with van der Waals surface area (Å²) >= 11 is 1.33. The maximum absolute atomic E-state index is 13.0. The SMILES string of the molecule is CC(C(=O)Nc1ncc(-c2ccc(NC(=O)c3cscn3)cc2)[nH]1)c1cccc(C(F)(F)F)c1. The van der Waals surface area contributed by atoms with Gasteiger partial charge in [0.05, 0.1) is 28.9 Å². The number of hydrogen-bond donors (Lipinski definition) is 3. The van der Waals surface area contributed by atoms with E-state index in [4.69, 9.17) is 0 Å². The number of nitrogens with zero attached hydrogens (tertiary/aromatic N) is 2. The van der Waals surface area contributed by atoms with Gasteiger partial charge in [0.1, 0.15) is 5.69 Å². The summed E-state index contributed by atoms with van der Waals surface area (Å²) in [6.45, 7) is 1.52. The van der Waals surface area contributed by atoms with Crippen LogP contribution in [-0.2, 0) is 11.0 Å². The Morgan fingerprint density at radius 2 is 1.82 bits per heavy atom. The fourth-order valence-corrected chi connectivity index (χ4v) is 3.68. The van der Waals surface area contributed by atoms with Crippen LogP contribution in [0, 0.1) is 0 Å². The molecule has 0 spiro atoms. The second-order valence-electron chi connectivity index (χ2n) is 7.38. The number of carbonyl (C=O) groups is 2. The molecule has 1 unspecified atom stereocenters. The number of imidazole rings is 1. The molecular weight excluding hydrogens is 467 g/mol. The molecular formula is C23H18F3N5O2S. The van der Waals surface area contributed by atoms with Gasteiger partial charge in [-0.15, -0.1) is 11.3 Å². The molecule has 0 fully saturated rings. The Bertz CT molecular complexity index is 1300. The van der Waals surface area contributed by atoms with Crippen molar-refractivity contribution in [2.75, 3.05) is 10.6 Å². The lowest BCUT2D eigenvalue weighted by Gasteiger charge is -2.14. The highest BCUT2D eigenvalue weighted by Gasteiger charge is 2.31. The van der Waals surface area contributed by atoms with Crippen LogP contribution in [0.2, 0.25) is 0 Å². The van der Waals surface area contributed by atoms with Crippen molar-refractivity contribution in [1.29, 1.82) is 0 Å². The molecule has 0 radical (unpaired) electrons. The zero-order valence-electron chi connectivity index (χ0n) is 17.7. The molecule has 3 N–H and O–H groups in total. The molecule has 0 aliphatic heterocycles. The topological polar surface area (TPSA) is 99.8 Å². The number of H-pyrrole nitrogens is 1. The molecule has 2 heterocycles. The first kappa shape index (κ1) is 23.2. The van der Waals surface area contributed by atoms with E-state index >= 15 is 0 Å². The number of amides is 2. The lowest BCUT2D eigenvalue weighted by molar-refractivity contribution is -0.137. The summed E-state index contributed by atoms with van der Waals surface area (Å²) in [6, 6.07) is 11.6. The van der Waals surface area contributed by atoms with Crippen molar-refractivity contribution in [2.24, 2.45) is 0 Å². The molecule has 174 valence electrons. The third-order valence-corrected chi connectivity index (χ3v) is 5.63. The zero-order chi connectivity index (χ0) is 24.3. The number of nitrogens with one attached hydrogen (secondary N) is 3. The van der Waals surface area contributed by atoms with Gasteiger partial charge in [0.15, 0.2) is 0 Å². The first-order chi connectivity index (χ1) is 16.2. The smallest absolute Gasteiger partial charge is 0.324 e. The van der Waals surface area contributed by atoms with Gasteiger partial charge in [0.25, 0.3) is 5.91 Å². The lowest BCUT2D eigenvalue weighted by atomic mass is 9.98. The molecule has 7 nitrogen and oxygen atoms in total. The summed E-state index contributed by atoms with van der Waals surface area (Å²) in [7, 11) is 0. The van der Waals surface area contributed by atoms with Gasteiger partial charge < -0.3 is 10.3 Å². The predicted molar refractivity (Wildman–Crippen MR) is 123 cm³/mol. The minimum atomic E-state index is -4.48. The Morgan fingerprint density at radius 3 is 2.50 bits per heavy atom. The summed E-state index contributed by atoms with van der Waals surface area (Å²) in [5.74, 6) is -1.47. The number of anilines is 2. The highest BCUT2D eigenvalue weighted by Crippen LogP contribution is 2.31. The average molecular weight is 485 g/mol. The molecule has 1 atom stereocenters. The van der Waals surface area contributed by atoms with E-state index in [0.29, 0.717) is 17.1 Å². The number of aromatic nitrogens is 3. The van der Waals surface area contributed by atoms with E-state index in [2.05, 4.69) is 25.6 Å². The molecule has 0 aliphatic rings.